The van der Waals surface area contributed by atoms with Crippen LogP contribution in [0.1, 0.15) is 19.8 Å². The Morgan fingerprint density at radius 1 is 1.42 bits per heavy atom. The number of hydrogen-bond donors (Lipinski definition) is 2. The van der Waals surface area contributed by atoms with Crippen LogP contribution < -0.4 is 10.6 Å². The van der Waals surface area contributed by atoms with E-state index in [2.05, 4.69) is 24.1 Å². The van der Waals surface area contributed by atoms with Gasteiger partial charge in [0.25, 0.3) is 0 Å². The summed E-state index contributed by atoms with van der Waals surface area (Å²) in [5.41, 5.74) is 0. The molecular weight excluding hydrogens is 244 g/mol. The summed E-state index contributed by atoms with van der Waals surface area (Å²) in [6.45, 7) is 9.52. The lowest BCUT2D eigenvalue weighted by atomic mass is 10.0. The molecule has 0 aromatic heterocycles. The molecule has 0 radical (unpaired) electrons. The van der Waals surface area contributed by atoms with Gasteiger partial charge in [0, 0.05) is 12.6 Å². The van der Waals surface area contributed by atoms with Crippen molar-refractivity contribution in [2.75, 3.05) is 39.5 Å². The minimum absolute atomic E-state index is 0.0541. The maximum Gasteiger partial charge on any atom is 0.227 e. The summed E-state index contributed by atoms with van der Waals surface area (Å²) in [7, 11) is 0. The van der Waals surface area contributed by atoms with E-state index in [0.717, 1.165) is 19.4 Å². The zero-order valence-electron chi connectivity index (χ0n) is 11.8. The first-order chi connectivity index (χ1) is 9.29. The van der Waals surface area contributed by atoms with Crippen molar-refractivity contribution in [3.63, 3.8) is 0 Å². The predicted molar refractivity (Wildman–Crippen MR) is 75.0 cm³/mol. The molecule has 1 aliphatic rings. The number of rotatable bonds is 10. The van der Waals surface area contributed by atoms with E-state index < -0.39 is 0 Å². The third-order valence-electron chi connectivity index (χ3n) is 3.09. The number of carbonyl (C=O) groups is 1. The van der Waals surface area contributed by atoms with E-state index in [9.17, 15) is 4.79 Å². The van der Waals surface area contributed by atoms with Gasteiger partial charge in [-0.1, -0.05) is 13.0 Å². The maximum absolute atomic E-state index is 12.0. The van der Waals surface area contributed by atoms with Gasteiger partial charge in [-0.25, -0.2) is 0 Å². The van der Waals surface area contributed by atoms with Gasteiger partial charge in [0.15, 0.2) is 0 Å². The highest BCUT2D eigenvalue weighted by molar-refractivity contribution is 5.79. The van der Waals surface area contributed by atoms with Gasteiger partial charge in [0.2, 0.25) is 5.91 Å². The second-order valence-electron chi connectivity index (χ2n) is 4.69. The maximum atomic E-state index is 12.0. The van der Waals surface area contributed by atoms with E-state index in [0.29, 0.717) is 33.0 Å². The van der Waals surface area contributed by atoms with Crippen molar-refractivity contribution in [1.29, 1.82) is 0 Å². The van der Waals surface area contributed by atoms with Gasteiger partial charge < -0.3 is 20.1 Å². The third kappa shape index (κ3) is 6.18. The van der Waals surface area contributed by atoms with Crippen molar-refractivity contribution in [2.24, 2.45) is 5.92 Å². The number of amides is 1. The van der Waals surface area contributed by atoms with Crippen LogP contribution in [-0.4, -0.2) is 51.5 Å². The van der Waals surface area contributed by atoms with Gasteiger partial charge >= 0.3 is 0 Å². The minimum Gasteiger partial charge on any atom is -0.379 e. The molecule has 0 bridgehead atoms. The summed E-state index contributed by atoms with van der Waals surface area (Å²) in [6.07, 6.45) is 3.72. The summed E-state index contributed by atoms with van der Waals surface area (Å²) in [5, 5.41) is 6.25. The average Bonchev–Trinajstić information content (AvgIpc) is 2.88. The van der Waals surface area contributed by atoms with E-state index in [4.69, 9.17) is 9.47 Å². The molecule has 1 saturated heterocycles. The predicted octanol–water partition coefficient (Wildman–Crippen LogP) is 0.710. The normalized spacial score (nSPS) is 22.4. The average molecular weight is 270 g/mol. The summed E-state index contributed by atoms with van der Waals surface area (Å²) < 4.78 is 10.7. The Kier molecular flexibility index (Phi) is 8.45. The molecule has 1 aliphatic heterocycles. The first-order valence-electron chi connectivity index (χ1n) is 7.07. The first-order valence-corrected chi connectivity index (χ1v) is 7.07. The smallest absolute Gasteiger partial charge is 0.227 e. The van der Waals surface area contributed by atoms with Crippen molar-refractivity contribution < 1.29 is 14.3 Å². The van der Waals surface area contributed by atoms with Crippen LogP contribution in [0.2, 0.25) is 0 Å². The van der Waals surface area contributed by atoms with Crippen LogP contribution >= 0.6 is 0 Å². The van der Waals surface area contributed by atoms with Crippen LogP contribution in [-0.2, 0) is 14.3 Å². The summed E-state index contributed by atoms with van der Waals surface area (Å²) in [4.78, 5) is 12.0. The van der Waals surface area contributed by atoms with Crippen molar-refractivity contribution in [3.8, 4) is 0 Å². The molecule has 0 aromatic rings. The summed E-state index contributed by atoms with van der Waals surface area (Å²) in [6, 6.07) is 0.140. The zero-order valence-corrected chi connectivity index (χ0v) is 11.8. The fourth-order valence-electron chi connectivity index (χ4n) is 1.99. The third-order valence-corrected chi connectivity index (χ3v) is 3.09. The fraction of sp³-hybridized carbons (Fsp3) is 0.786. The van der Waals surface area contributed by atoms with Gasteiger partial charge in [-0.05, 0) is 19.4 Å². The van der Waals surface area contributed by atoms with E-state index in [1.54, 1.807) is 0 Å². The molecule has 2 atom stereocenters. The Morgan fingerprint density at radius 3 is 3.00 bits per heavy atom. The second kappa shape index (κ2) is 9.95. The molecule has 0 aliphatic carbocycles. The highest BCUT2D eigenvalue weighted by Gasteiger charge is 2.33. The lowest BCUT2D eigenvalue weighted by molar-refractivity contribution is -0.125. The molecule has 5 nitrogen and oxygen atoms in total. The molecule has 2 unspecified atom stereocenters. The highest BCUT2D eigenvalue weighted by Crippen LogP contribution is 2.13. The monoisotopic (exact) mass is 270 g/mol. The minimum atomic E-state index is -0.0836. The number of nitrogens with one attached hydrogen (secondary N) is 2. The van der Waals surface area contributed by atoms with Crippen LogP contribution in [0.25, 0.3) is 0 Å². The summed E-state index contributed by atoms with van der Waals surface area (Å²) >= 11 is 0. The van der Waals surface area contributed by atoms with Crippen molar-refractivity contribution >= 4 is 5.91 Å². The Bertz CT molecular complexity index is 271. The summed E-state index contributed by atoms with van der Waals surface area (Å²) in [5.74, 6) is -0.0295. The van der Waals surface area contributed by atoms with Crippen molar-refractivity contribution in [1.82, 2.24) is 10.6 Å². The fourth-order valence-corrected chi connectivity index (χ4v) is 1.99. The van der Waals surface area contributed by atoms with Crippen molar-refractivity contribution in [3.05, 3.63) is 12.7 Å². The number of carbonyl (C=O) groups excluding carboxylic acids is 1. The van der Waals surface area contributed by atoms with Crippen LogP contribution in [0.4, 0.5) is 0 Å². The molecule has 5 heteroatoms. The Hall–Kier alpha value is -0.910. The molecule has 0 aromatic carbocycles. The molecule has 0 spiro atoms. The number of hydrogen-bond acceptors (Lipinski definition) is 4. The Labute approximate surface area is 115 Å². The molecular formula is C14H26N2O3. The molecule has 2 N–H and O–H groups in total. The van der Waals surface area contributed by atoms with Crippen LogP contribution in [0.5, 0.6) is 0 Å². The largest absolute Gasteiger partial charge is 0.379 e. The Morgan fingerprint density at radius 2 is 2.26 bits per heavy atom. The van der Waals surface area contributed by atoms with Crippen molar-refractivity contribution in [2.45, 2.75) is 25.8 Å². The second-order valence-corrected chi connectivity index (χ2v) is 4.69. The van der Waals surface area contributed by atoms with E-state index in [-0.39, 0.29) is 17.9 Å². The first kappa shape index (κ1) is 16.1. The van der Waals surface area contributed by atoms with E-state index in [1.807, 2.05) is 6.08 Å². The van der Waals surface area contributed by atoms with Gasteiger partial charge in [0.1, 0.15) is 0 Å². The standard InChI is InChI=1S/C14H26N2O3/c1-3-5-8-18-9-7-16-14(17)12-10-19-11-13(12)15-6-4-2/h3,12-13,15H,1,4-11H2,2H3,(H,16,17). The molecule has 1 fully saturated rings. The van der Waals surface area contributed by atoms with Gasteiger partial charge in [-0.3, -0.25) is 4.79 Å². The highest BCUT2D eigenvalue weighted by atomic mass is 16.5. The number of ether oxygens (including phenoxy) is 2. The Balaban J connectivity index is 2.15. The SMILES string of the molecule is C=CCCOCCNC(=O)C1COCC1NCCC. The van der Waals surface area contributed by atoms with Gasteiger partial charge in [-0.2, -0.15) is 0 Å². The van der Waals surface area contributed by atoms with Crippen LogP contribution in [0.3, 0.4) is 0 Å². The van der Waals surface area contributed by atoms with E-state index in [1.165, 1.54) is 0 Å². The van der Waals surface area contributed by atoms with E-state index >= 15 is 0 Å². The molecule has 0 saturated carbocycles. The van der Waals surface area contributed by atoms with Gasteiger partial charge in [-0.15, -0.1) is 6.58 Å². The molecule has 1 amide bonds. The molecule has 19 heavy (non-hydrogen) atoms. The lowest BCUT2D eigenvalue weighted by Gasteiger charge is -2.18. The topological polar surface area (TPSA) is 59.6 Å². The van der Waals surface area contributed by atoms with Gasteiger partial charge in [0.05, 0.1) is 32.3 Å². The quantitative estimate of drug-likeness (QED) is 0.453. The molecule has 1 rings (SSSR count). The van der Waals surface area contributed by atoms with Crippen LogP contribution in [0.15, 0.2) is 12.7 Å². The molecule has 1 heterocycles. The lowest BCUT2D eigenvalue weighted by Crippen LogP contribution is -2.44. The zero-order chi connectivity index (χ0) is 13.9. The molecule has 110 valence electrons. The van der Waals surface area contributed by atoms with Crippen LogP contribution in [0, 0.1) is 5.92 Å².